The second kappa shape index (κ2) is 8.24. The lowest BCUT2D eigenvalue weighted by Gasteiger charge is -2.44. The first-order valence-electron chi connectivity index (χ1n) is 10.0. The van der Waals surface area contributed by atoms with Crippen molar-refractivity contribution >= 4 is 5.91 Å². The van der Waals surface area contributed by atoms with Gasteiger partial charge in [-0.05, 0) is 56.0 Å². The first kappa shape index (κ1) is 18.2. The van der Waals surface area contributed by atoms with Gasteiger partial charge in [0.1, 0.15) is 0 Å². The number of hydrogen-bond donors (Lipinski definition) is 1. The highest BCUT2D eigenvalue weighted by atomic mass is 16.3. The fourth-order valence-electron chi connectivity index (χ4n) is 4.58. The molecule has 2 aliphatic rings. The molecule has 2 atom stereocenters. The number of amides is 1. The first-order valence-corrected chi connectivity index (χ1v) is 10.0. The summed E-state index contributed by atoms with van der Waals surface area (Å²) >= 11 is 0. The predicted molar refractivity (Wildman–Crippen MR) is 107 cm³/mol. The molecule has 2 heterocycles. The van der Waals surface area contributed by atoms with Gasteiger partial charge in [-0.2, -0.15) is 0 Å². The molecule has 0 bridgehead atoms. The molecule has 142 valence electrons. The molecule has 2 aliphatic heterocycles. The minimum atomic E-state index is -0.473. The molecule has 0 aromatic heterocycles. The van der Waals surface area contributed by atoms with Crippen molar-refractivity contribution in [2.75, 3.05) is 26.2 Å². The molecule has 0 spiro atoms. The molecule has 0 radical (unpaired) electrons. The highest BCUT2D eigenvalue weighted by Crippen LogP contribution is 2.30. The van der Waals surface area contributed by atoms with E-state index in [-0.39, 0.29) is 11.9 Å². The Morgan fingerprint density at radius 2 is 1.48 bits per heavy atom. The Morgan fingerprint density at radius 3 is 2.11 bits per heavy atom. The van der Waals surface area contributed by atoms with Crippen molar-refractivity contribution in [3.8, 4) is 0 Å². The molecule has 1 amide bonds. The smallest absolute Gasteiger partial charge is 0.253 e. The summed E-state index contributed by atoms with van der Waals surface area (Å²) in [4.78, 5) is 16.9. The molecule has 4 rings (SSSR count). The normalized spacial score (nSPS) is 24.7. The van der Waals surface area contributed by atoms with Crippen molar-refractivity contribution in [1.82, 2.24) is 9.80 Å². The predicted octanol–water partition coefficient (Wildman–Crippen LogP) is 3.14. The van der Waals surface area contributed by atoms with Gasteiger partial charge in [0.15, 0.2) is 0 Å². The van der Waals surface area contributed by atoms with Crippen LogP contribution in [0.3, 0.4) is 0 Å². The minimum Gasteiger partial charge on any atom is -0.390 e. The number of aliphatic hydroxyl groups excluding tert-OH is 1. The average Bonchev–Trinajstić information content (AvgIpc) is 2.74. The summed E-state index contributed by atoms with van der Waals surface area (Å²) in [6.45, 7) is 3.19. The van der Waals surface area contributed by atoms with Gasteiger partial charge in [0.05, 0.1) is 6.10 Å². The van der Waals surface area contributed by atoms with Gasteiger partial charge in [-0.15, -0.1) is 0 Å². The van der Waals surface area contributed by atoms with Crippen molar-refractivity contribution < 1.29 is 9.90 Å². The molecule has 2 aromatic rings. The van der Waals surface area contributed by atoms with Gasteiger partial charge in [-0.1, -0.05) is 48.5 Å². The van der Waals surface area contributed by atoms with E-state index in [4.69, 9.17) is 0 Å². The summed E-state index contributed by atoms with van der Waals surface area (Å²) in [6, 6.07) is 20.3. The summed E-state index contributed by atoms with van der Waals surface area (Å²) in [6.07, 6.45) is 2.65. The van der Waals surface area contributed by atoms with Crippen LogP contribution in [-0.4, -0.2) is 59.1 Å². The van der Waals surface area contributed by atoms with Crippen molar-refractivity contribution in [3.05, 3.63) is 71.8 Å². The molecule has 27 heavy (non-hydrogen) atoms. The molecular weight excluding hydrogens is 336 g/mol. The third kappa shape index (κ3) is 4.07. The maximum Gasteiger partial charge on any atom is 0.253 e. The number of carbonyl (C=O) groups excluding carboxylic acids is 1. The van der Waals surface area contributed by atoms with Gasteiger partial charge in [-0.3, -0.25) is 9.69 Å². The SMILES string of the molecule is O=C(c1ccccc1)N1CC[C@@H](N2CCC(c3ccccc3)CC2)[C@@H](O)C1. The number of carbonyl (C=O) groups is 1. The van der Waals surface area contributed by atoms with E-state index < -0.39 is 6.10 Å². The fraction of sp³-hybridized carbons (Fsp3) is 0.435. The number of benzene rings is 2. The summed E-state index contributed by atoms with van der Waals surface area (Å²) in [5.74, 6) is 0.648. The van der Waals surface area contributed by atoms with E-state index in [0.29, 0.717) is 24.6 Å². The fourth-order valence-corrected chi connectivity index (χ4v) is 4.58. The maximum atomic E-state index is 12.6. The van der Waals surface area contributed by atoms with Crippen LogP contribution >= 0.6 is 0 Å². The van der Waals surface area contributed by atoms with Crippen LogP contribution in [0.5, 0.6) is 0 Å². The Morgan fingerprint density at radius 1 is 0.852 bits per heavy atom. The number of aliphatic hydroxyl groups is 1. The lowest BCUT2D eigenvalue weighted by atomic mass is 9.87. The van der Waals surface area contributed by atoms with Crippen molar-refractivity contribution in [3.63, 3.8) is 0 Å². The third-order valence-corrected chi connectivity index (χ3v) is 6.12. The Balaban J connectivity index is 1.32. The van der Waals surface area contributed by atoms with Gasteiger partial charge < -0.3 is 10.0 Å². The van der Waals surface area contributed by atoms with Crippen molar-refractivity contribution in [1.29, 1.82) is 0 Å². The van der Waals surface area contributed by atoms with E-state index in [9.17, 15) is 9.90 Å². The van der Waals surface area contributed by atoms with Crippen LogP contribution in [0, 0.1) is 0 Å². The molecule has 0 unspecified atom stereocenters. The van der Waals surface area contributed by atoms with Crippen LogP contribution < -0.4 is 0 Å². The second-order valence-corrected chi connectivity index (χ2v) is 7.76. The largest absolute Gasteiger partial charge is 0.390 e. The number of rotatable bonds is 3. The molecule has 0 aliphatic carbocycles. The summed E-state index contributed by atoms with van der Waals surface area (Å²) < 4.78 is 0. The van der Waals surface area contributed by atoms with Gasteiger partial charge >= 0.3 is 0 Å². The van der Waals surface area contributed by atoms with Gasteiger partial charge in [0, 0.05) is 24.7 Å². The zero-order valence-corrected chi connectivity index (χ0v) is 15.7. The maximum absolute atomic E-state index is 12.6. The van der Waals surface area contributed by atoms with E-state index in [1.54, 1.807) is 4.90 Å². The number of hydrogen-bond acceptors (Lipinski definition) is 3. The van der Waals surface area contributed by atoms with Gasteiger partial charge in [0.25, 0.3) is 5.91 Å². The van der Waals surface area contributed by atoms with E-state index in [1.807, 2.05) is 30.3 Å². The summed E-state index contributed by atoms with van der Waals surface area (Å²) in [5.41, 5.74) is 2.13. The van der Waals surface area contributed by atoms with Crippen LogP contribution in [0.15, 0.2) is 60.7 Å². The Hall–Kier alpha value is -2.17. The lowest BCUT2D eigenvalue weighted by Crippen LogP contribution is -2.56. The van der Waals surface area contributed by atoms with Crippen LogP contribution in [0.4, 0.5) is 0 Å². The molecule has 2 aromatic carbocycles. The van der Waals surface area contributed by atoms with Gasteiger partial charge in [0.2, 0.25) is 0 Å². The molecule has 4 heteroatoms. The molecule has 2 fully saturated rings. The van der Waals surface area contributed by atoms with E-state index in [1.165, 1.54) is 5.56 Å². The average molecular weight is 364 g/mol. The van der Waals surface area contributed by atoms with Crippen LogP contribution in [-0.2, 0) is 0 Å². The monoisotopic (exact) mass is 364 g/mol. The Labute approximate surface area is 161 Å². The number of nitrogens with zero attached hydrogens (tertiary/aromatic N) is 2. The lowest BCUT2D eigenvalue weighted by molar-refractivity contribution is -0.0164. The molecule has 4 nitrogen and oxygen atoms in total. The zero-order valence-electron chi connectivity index (χ0n) is 15.7. The quantitative estimate of drug-likeness (QED) is 0.910. The van der Waals surface area contributed by atoms with E-state index in [2.05, 4.69) is 35.2 Å². The number of β-amino-alcohol motifs (C(OH)–C–C–N with tert-alkyl or cyclic N) is 1. The van der Waals surface area contributed by atoms with Crippen molar-refractivity contribution in [2.45, 2.75) is 37.3 Å². The van der Waals surface area contributed by atoms with Gasteiger partial charge in [-0.25, -0.2) is 0 Å². The van der Waals surface area contributed by atoms with Crippen molar-refractivity contribution in [2.24, 2.45) is 0 Å². The topological polar surface area (TPSA) is 43.8 Å². The summed E-state index contributed by atoms with van der Waals surface area (Å²) in [7, 11) is 0. The Bertz CT molecular complexity index is 741. The number of likely N-dealkylation sites (tertiary alicyclic amines) is 2. The first-order chi connectivity index (χ1) is 13.2. The Kier molecular flexibility index (Phi) is 5.55. The van der Waals surface area contributed by atoms with Crippen LogP contribution in [0.25, 0.3) is 0 Å². The highest BCUT2D eigenvalue weighted by molar-refractivity contribution is 5.94. The summed E-state index contributed by atoms with van der Waals surface area (Å²) in [5, 5.41) is 10.7. The van der Waals surface area contributed by atoms with Crippen LogP contribution in [0.2, 0.25) is 0 Å². The molecule has 0 saturated carbocycles. The molecule has 2 saturated heterocycles. The van der Waals surface area contributed by atoms with Crippen LogP contribution in [0.1, 0.15) is 41.1 Å². The second-order valence-electron chi connectivity index (χ2n) is 7.76. The third-order valence-electron chi connectivity index (χ3n) is 6.12. The zero-order chi connectivity index (χ0) is 18.6. The van der Waals surface area contributed by atoms with E-state index in [0.717, 1.165) is 32.4 Å². The standard InChI is InChI=1S/C23H28N2O2/c26-22-17-25(23(27)20-9-5-2-6-10-20)16-13-21(22)24-14-11-19(12-15-24)18-7-3-1-4-8-18/h1-10,19,21-22,26H,11-17H2/t21-,22+/m1/s1. The number of piperidine rings is 2. The minimum absolute atomic E-state index is 0.0240. The molecule has 1 N–H and O–H groups in total. The van der Waals surface area contributed by atoms with E-state index >= 15 is 0 Å². The highest BCUT2D eigenvalue weighted by Gasteiger charge is 2.35. The molecular formula is C23H28N2O2.